The number of benzene rings is 3. The molecule has 0 amide bonds. The lowest BCUT2D eigenvalue weighted by Gasteiger charge is -2.41. The topological polar surface area (TPSA) is 42.4 Å². The van der Waals surface area contributed by atoms with E-state index in [0.29, 0.717) is 18.7 Å². The van der Waals surface area contributed by atoms with Gasteiger partial charge in [-0.2, -0.15) is 13.2 Å². The predicted molar refractivity (Wildman–Crippen MR) is 185 cm³/mol. The number of nitrogens with one attached hydrogen (secondary N) is 2. The largest absolute Gasteiger partial charge is 0.416 e. The SMILES string of the molecule is CC/C=C(\N1CCC(Nc2ccc(C(=N)c3cccc(C(F)(F)F)c3)c(C)c2)CC1)N(CC(F)F)c1ccccc1C.CCC(C)C. The van der Waals surface area contributed by atoms with Gasteiger partial charge in [0.1, 0.15) is 5.82 Å². The Kier molecular flexibility index (Phi) is 13.8. The molecule has 9 heteroatoms. The third-order valence-corrected chi connectivity index (χ3v) is 8.37. The summed E-state index contributed by atoms with van der Waals surface area (Å²) in [6, 6.07) is 18.1. The Labute approximate surface area is 277 Å². The minimum atomic E-state index is -4.47. The Bertz CT molecular complexity index is 1470. The maximum absolute atomic E-state index is 13.7. The number of piperidine rings is 1. The fourth-order valence-corrected chi connectivity index (χ4v) is 5.44. The summed E-state index contributed by atoms with van der Waals surface area (Å²) in [4.78, 5) is 3.92. The molecule has 3 aromatic carbocycles. The number of hydrogen-bond acceptors (Lipinski definition) is 4. The normalized spacial score (nSPS) is 14.2. The Hall–Kier alpha value is -3.88. The smallest absolute Gasteiger partial charge is 0.382 e. The molecule has 256 valence electrons. The first-order valence-corrected chi connectivity index (χ1v) is 16.4. The van der Waals surface area contributed by atoms with Gasteiger partial charge in [-0.05, 0) is 86.6 Å². The fraction of sp³-hybridized carbons (Fsp3) is 0.447. The van der Waals surface area contributed by atoms with Crippen LogP contribution in [-0.2, 0) is 6.18 Å². The van der Waals surface area contributed by atoms with E-state index >= 15 is 0 Å². The van der Waals surface area contributed by atoms with Crippen LogP contribution in [0.2, 0.25) is 0 Å². The zero-order valence-corrected chi connectivity index (χ0v) is 28.4. The second kappa shape index (κ2) is 17.3. The second-order valence-electron chi connectivity index (χ2n) is 12.4. The Morgan fingerprint density at radius 1 is 0.957 bits per heavy atom. The van der Waals surface area contributed by atoms with Crippen molar-refractivity contribution >= 4 is 17.1 Å². The minimum Gasteiger partial charge on any atom is -0.382 e. The summed E-state index contributed by atoms with van der Waals surface area (Å²) in [5, 5.41) is 12.1. The van der Waals surface area contributed by atoms with Gasteiger partial charge < -0.3 is 15.1 Å². The molecule has 4 rings (SSSR count). The molecule has 4 nitrogen and oxygen atoms in total. The molecule has 0 radical (unpaired) electrons. The average molecular weight is 657 g/mol. The molecule has 1 aliphatic rings. The van der Waals surface area contributed by atoms with Gasteiger partial charge in [-0.3, -0.25) is 5.41 Å². The van der Waals surface area contributed by atoms with Crippen molar-refractivity contribution in [1.29, 1.82) is 5.41 Å². The molecule has 1 aliphatic heterocycles. The molecule has 0 aromatic heterocycles. The van der Waals surface area contributed by atoms with Crippen LogP contribution in [0.25, 0.3) is 0 Å². The highest BCUT2D eigenvalue weighted by molar-refractivity contribution is 6.12. The lowest BCUT2D eigenvalue weighted by atomic mass is 9.96. The Morgan fingerprint density at radius 3 is 2.17 bits per heavy atom. The Morgan fingerprint density at radius 2 is 1.62 bits per heavy atom. The van der Waals surface area contributed by atoms with Crippen molar-refractivity contribution in [3.05, 3.63) is 106 Å². The van der Waals surface area contributed by atoms with Crippen molar-refractivity contribution in [2.24, 2.45) is 5.92 Å². The number of likely N-dealkylation sites (tertiary alicyclic amines) is 1. The van der Waals surface area contributed by atoms with Crippen molar-refractivity contribution in [3.8, 4) is 0 Å². The van der Waals surface area contributed by atoms with Gasteiger partial charge in [0.15, 0.2) is 0 Å². The van der Waals surface area contributed by atoms with Crippen LogP contribution in [0.15, 0.2) is 78.6 Å². The van der Waals surface area contributed by atoms with Gasteiger partial charge in [0.25, 0.3) is 6.43 Å². The lowest BCUT2D eigenvalue weighted by molar-refractivity contribution is -0.137. The summed E-state index contributed by atoms with van der Waals surface area (Å²) in [6.07, 6.45) is -1.30. The van der Waals surface area contributed by atoms with E-state index in [2.05, 4.69) is 31.0 Å². The van der Waals surface area contributed by atoms with Gasteiger partial charge in [-0.1, -0.05) is 70.5 Å². The van der Waals surface area contributed by atoms with E-state index in [1.54, 1.807) is 11.0 Å². The highest BCUT2D eigenvalue weighted by atomic mass is 19.4. The van der Waals surface area contributed by atoms with Gasteiger partial charge in [0.2, 0.25) is 0 Å². The molecule has 1 heterocycles. The number of allylic oxidation sites excluding steroid dienone is 1. The van der Waals surface area contributed by atoms with E-state index in [1.165, 1.54) is 18.6 Å². The zero-order chi connectivity index (χ0) is 34.7. The van der Waals surface area contributed by atoms with Crippen molar-refractivity contribution in [1.82, 2.24) is 4.90 Å². The molecule has 47 heavy (non-hydrogen) atoms. The first-order valence-electron chi connectivity index (χ1n) is 16.4. The fourth-order valence-electron chi connectivity index (χ4n) is 5.44. The number of halogens is 5. The van der Waals surface area contributed by atoms with Crippen LogP contribution < -0.4 is 10.2 Å². The van der Waals surface area contributed by atoms with Crippen LogP contribution in [0.3, 0.4) is 0 Å². The Balaban J connectivity index is 0.00000111. The molecule has 0 unspecified atom stereocenters. The summed E-state index contributed by atoms with van der Waals surface area (Å²) in [7, 11) is 0. The molecule has 1 saturated heterocycles. The summed E-state index contributed by atoms with van der Waals surface area (Å²) in [5.74, 6) is 1.69. The zero-order valence-electron chi connectivity index (χ0n) is 28.4. The van der Waals surface area contributed by atoms with E-state index < -0.39 is 18.2 Å². The number of hydrogen-bond donors (Lipinski definition) is 2. The summed E-state index contributed by atoms with van der Waals surface area (Å²) < 4.78 is 66.9. The van der Waals surface area contributed by atoms with Crippen LogP contribution in [0.4, 0.5) is 33.3 Å². The van der Waals surface area contributed by atoms with Crippen LogP contribution in [0.1, 0.15) is 81.2 Å². The third-order valence-electron chi connectivity index (χ3n) is 8.37. The molecule has 1 fully saturated rings. The van der Waals surface area contributed by atoms with Crippen molar-refractivity contribution < 1.29 is 22.0 Å². The standard InChI is InChI=1S/C33H37F5N4.C5H12/c1-4-8-31(42(21-30(34)35)29-12-6-5-9-22(29)2)41-17-15-26(16-18-41)40-27-13-14-28(23(3)19-27)32(39)24-10-7-11-25(20-24)33(36,37)38;1-4-5(2)3/h5-14,19-20,26,30,39-40H,4,15-18,21H2,1-3H3;5H,4H2,1-3H3/b31-8+,39-32?;. The number of anilines is 2. The van der Waals surface area contributed by atoms with Crippen molar-refractivity contribution in [2.45, 2.75) is 85.9 Å². The van der Waals surface area contributed by atoms with Crippen molar-refractivity contribution in [2.75, 3.05) is 29.9 Å². The van der Waals surface area contributed by atoms with E-state index in [-0.39, 0.29) is 23.9 Å². The number of nitrogens with zero attached hydrogens (tertiary/aromatic N) is 2. The predicted octanol–water partition coefficient (Wildman–Crippen LogP) is 10.7. The maximum Gasteiger partial charge on any atom is 0.416 e. The highest BCUT2D eigenvalue weighted by Gasteiger charge is 2.31. The molecular weight excluding hydrogens is 607 g/mol. The molecule has 0 atom stereocenters. The van der Waals surface area contributed by atoms with Gasteiger partial charge >= 0.3 is 6.18 Å². The molecular formula is C38H49F5N4. The molecule has 3 aromatic rings. The molecule has 2 N–H and O–H groups in total. The van der Waals surface area contributed by atoms with Gasteiger partial charge in [-0.25, -0.2) is 8.78 Å². The van der Waals surface area contributed by atoms with Crippen LogP contribution in [-0.4, -0.2) is 42.7 Å². The first-order chi connectivity index (χ1) is 22.2. The van der Waals surface area contributed by atoms with Gasteiger partial charge in [0.05, 0.1) is 17.8 Å². The van der Waals surface area contributed by atoms with Crippen molar-refractivity contribution in [3.63, 3.8) is 0 Å². The number of para-hydroxylation sites is 1. The number of aryl methyl sites for hydroxylation is 2. The first kappa shape index (κ1) is 37.6. The second-order valence-corrected chi connectivity index (χ2v) is 12.4. The van der Waals surface area contributed by atoms with Crippen LogP contribution in [0.5, 0.6) is 0 Å². The van der Waals surface area contributed by atoms with E-state index in [4.69, 9.17) is 5.41 Å². The summed E-state index contributed by atoms with van der Waals surface area (Å²) in [6.45, 7) is 13.4. The average Bonchev–Trinajstić information content (AvgIpc) is 3.03. The monoisotopic (exact) mass is 656 g/mol. The highest BCUT2D eigenvalue weighted by Crippen LogP contribution is 2.31. The minimum absolute atomic E-state index is 0.0377. The van der Waals surface area contributed by atoms with Crippen LogP contribution >= 0.6 is 0 Å². The van der Waals surface area contributed by atoms with Crippen LogP contribution in [0, 0.1) is 25.2 Å². The summed E-state index contributed by atoms with van der Waals surface area (Å²) in [5.41, 5.74) is 3.42. The molecule has 0 bridgehead atoms. The van der Waals surface area contributed by atoms with E-state index in [1.807, 2.05) is 63.2 Å². The quantitative estimate of drug-likeness (QED) is 0.159. The molecule has 0 spiro atoms. The molecule has 0 saturated carbocycles. The summed E-state index contributed by atoms with van der Waals surface area (Å²) >= 11 is 0. The third kappa shape index (κ3) is 10.8. The lowest BCUT2D eigenvalue weighted by Crippen LogP contribution is -2.44. The van der Waals surface area contributed by atoms with Gasteiger partial charge in [-0.15, -0.1) is 0 Å². The van der Waals surface area contributed by atoms with E-state index in [0.717, 1.165) is 65.6 Å². The molecule has 0 aliphatic carbocycles. The number of alkyl halides is 5. The van der Waals surface area contributed by atoms with Gasteiger partial charge in [0, 0.05) is 41.6 Å². The maximum atomic E-state index is 13.7. The van der Waals surface area contributed by atoms with E-state index in [9.17, 15) is 22.0 Å². The number of rotatable bonds is 11.